The molecule has 22 heavy (non-hydrogen) atoms. The molecule has 1 heterocycles. The molecule has 0 bridgehead atoms. The van der Waals surface area contributed by atoms with Crippen molar-refractivity contribution < 1.29 is 13.2 Å². The average Bonchev–Trinajstić information content (AvgIpc) is 2.88. The number of rotatable bonds is 5. The minimum absolute atomic E-state index is 0.152. The fourth-order valence-electron chi connectivity index (χ4n) is 2.55. The summed E-state index contributed by atoms with van der Waals surface area (Å²) < 4.78 is 26.3. The fraction of sp³-hybridized carbons (Fsp3) is 0.643. The van der Waals surface area contributed by atoms with Gasteiger partial charge in [0.15, 0.2) is 0 Å². The number of hydrogen-bond donors (Lipinski definition) is 1. The van der Waals surface area contributed by atoms with E-state index in [0.29, 0.717) is 10.3 Å². The highest BCUT2D eigenvalue weighted by atomic mass is 35.5. The van der Waals surface area contributed by atoms with Gasteiger partial charge in [0.05, 0.1) is 10.9 Å². The maximum atomic E-state index is 12.3. The van der Waals surface area contributed by atoms with Crippen LogP contribution in [0.15, 0.2) is 16.3 Å². The third kappa shape index (κ3) is 4.44. The highest BCUT2D eigenvalue weighted by Gasteiger charge is 2.26. The summed E-state index contributed by atoms with van der Waals surface area (Å²) >= 11 is 6.76. The van der Waals surface area contributed by atoms with E-state index in [4.69, 9.17) is 11.6 Å². The van der Waals surface area contributed by atoms with Crippen molar-refractivity contribution in [3.63, 3.8) is 0 Å². The minimum Gasteiger partial charge on any atom is -0.352 e. The number of halogens is 1. The standard InChI is InChI=1S/C14H21ClN2O3S2/c1-10-3-5-11(6-4-10)16-13(18)9-17(2)22(19,20)14-8-7-12(15)21-14/h7-8,10-11H,3-6,9H2,1-2H3,(H,16,18). The quantitative estimate of drug-likeness (QED) is 0.873. The van der Waals surface area contributed by atoms with Crippen LogP contribution in [-0.4, -0.2) is 38.3 Å². The number of nitrogens with zero attached hydrogens (tertiary/aromatic N) is 1. The van der Waals surface area contributed by atoms with Crippen LogP contribution in [0.3, 0.4) is 0 Å². The van der Waals surface area contributed by atoms with Gasteiger partial charge in [0, 0.05) is 13.1 Å². The number of amides is 1. The number of carbonyl (C=O) groups is 1. The molecular formula is C14H21ClN2O3S2. The van der Waals surface area contributed by atoms with E-state index in [1.807, 2.05) is 0 Å². The van der Waals surface area contributed by atoms with E-state index in [-0.39, 0.29) is 22.7 Å². The normalized spacial score (nSPS) is 22.7. The molecule has 2 rings (SSSR count). The van der Waals surface area contributed by atoms with E-state index in [1.165, 1.54) is 19.2 Å². The summed E-state index contributed by atoms with van der Waals surface area (Å²) in [5, 5.41) is 2.93. The van der Waals surface area contributed by atoms with Gasteiger partial charge in [-0.1, -0.05) is 18.5 Å². The largest absolute Gasteiger partial charge is 0.352 e. The first kappa shape index (κ1) is 17.7. The molecule has 5 nitrogen and oxygen atoms in total. The Morgan fingerprint density at radius 3 is 2.55 bits per heavy atom. The Labute approximate surface area is 140 Å². The van der Waals surface area contributed by atoms with Gasteiger partial charge in [-0.2, -0.15) is 4.31 Å². The first-order valence-electron chi connectivity index (χ1n) is 7.30. The average molecular weight is 365 g/mol. The van der Waals surface area contributed by atoms with E-state index < -0.39 is 10.0 Å². The van der Waals surface area contributed by atoms with Crippen LogP contribution < -0.4 is 5.32 Å². The van der Waals surface area contributed by atoms with Crippen molar-refractivity contribution in [3.8, 4) is 0 Å². The molecule has 8 heteroatoms. The molecule has 0 aromatic carbocycles. The molecule has 1 amide bonds. The van der Waals surface area contributed by atoms with Crippen LogP contribution in [0.25, 0.3) is 0 Å². The Hall–Kier alpha value is -0.630. The summed E-state index contributed by atoms with van der Waals surface area (Å²) in [4.78, 5) is 12.0. The highest BCUT2D eigenvalue weighted by Crippen LogP contribution is 2.27. The zero-order valence-electron chi connectivity index (χ0n) is 12.7. The molecule has 0 radical (unpaired) electrons. The van der Waals surface area contributed by atoms with E-state index >= 15 is 0 Å². The van der Waals surface area contributed by atoms with Gasteiger partial charge in [0.1, 0.15) is 4.21 Å². The predicted molar refractivity (Wildman–Crippen MR) is 88.7 cm³/mol. The van der Waals surface area contributed by atoms with Crippen molar-refractivity contribution in [1.82, 2.24) is 9.62 Å². The zero-order valence-corrected chi connectivity index (χ0v) is 15.1. The van der Waals surface area contributed by atoms with Crippen LogP contribution in [0, 0.1) is 5.92 Å². The van der Waals surface area contributed by atoms with Crippen LogP contribution in [0.1, 0.15) is 32.6 Å². The molecule has 0 aliphatic heterocycles. The molecule has 0 spiro atoms. The number of nitrogens with one attached hydrogen (secondary N) is 1. The summed E-state index contributed by atoms with van der Waals surface area (Å²) in [6.07, 6.45) is 4.13. The first-order valence-corrected chi connectivity index (χ1v) is 9.93. The lowest BCUT2D eigenvalue weighted by Crippen LogP contribution is -2.43. The Morgan fingerprint density at radius 2 is 2.00 bits per heavy atom. The van der Waals surface area contributed by atoms with Gasteiger partial charge >= 0.3 is 0 Å². The number of thiophene rings is 1. The van der Waals surface area contributed by atoms with Gasteiger partial charge in [0.2, 0.25) is 5.91 Å². The molecule has 1 N–H and O–H groups in total. The van der Waals surface area contributed by atoms with Crippen molar-refractivity contribution in [2.75, 3.05) is 13.6 Å². The third-order valence-corrected chi connectivity index (χ3v) is 7.46. The van der Waals surface area contributed by atoms with Crippen molar-refractivity contribution in [3.05, 3.63) is 16.5 Å². The lowest BCUT2D eigenvalue weighted by Gasteiger charge is -2.27. The maximum absolute atomic E-state index is 12.3. The SMILES string of the molecule is CC1CCC(NC(=O)CN(C)S(=O)(=O)c2ccc(Cl)s2)CC1. The van der Waals surface area contributed by atoms with Crippen LogP contribution in [0.5, 0.6) is 0 Å². The first-order chi connectivity index (χ1) is 10.3. The maximum Gasteiger partial charge on any atom is 0.252 e. The van der Waals surface area contributed by atoms with Crippen molar-refractivity contribution in [2.24, 2.45) is 5.92 Å². The number of likely N-dealkylation sites (N-methyl/N-ethyl adjacent to an activating group) is 1. The van der Waals surface area contributed by atoms with Gasteiger partial charge in [-0.25, -0.2) is 8.42 Å². The molecule has 124 valence electrons. The number of sulfonamides is 1. The molecule has 1 saturated carbocycles. The van der Waals surface area contributed by atoms with E-state index in [2.05, 4.69) is 12.2 Å². The number of carbonyl (C=O) groups excluding carboxylic acids is 1. The highest BCUT2D eigenvalue weighted by molar-refractivity contribution is 7.91. The molecular weight excluding hydrogens is 344 g/mol. The molecule has 0 saturated heterocycles. The molecule has 0 unspecified atom stereocenters. The van der Waals surface area contributed by atoms with Crippen molar-refractivity contribution in [1.29, 1.82) is 0 Å². The van der Waals surface area contributed by atoms with Crippen LogP contribution >= 0.6 is 22.9 Å². The van der Waals surface area contributed by atoms with E-state index in [9.17, 15) is 13.2 Å². The number of hydrogen-bond acceptors (Lipinski definition) is 4. The van der Waals surface area contributed by atoms with Gasteiger partial charge in [0.25, 0.3) is 10.0 Å². The second-order valence-corrected chi connectivity index (χ2v) is 9.83. The van der Waals surface area contributed by atoms with Gasteiger partial charge in [-0.05, 0) is 43.7 Å². The summed E-state index contributed by atoms with van der Waals surface area (Å²) in [5.41, 5.74) is 0. The second kappa shape index (κ2) is 7.29. The smallest absolute Gasteiger partial charge is 0.252 e. The van der Waals surface area contributed by atoms with Crippen LogP contribution in [0.2, 0.25) is 4.34 Å². The molecule has 1 aliphatic rings. The Bertz CT molecular complexity index is 622. The Balaban J connectivity index is 1.91. The van der Waals surface area contributed by atoms with Crippen LogP contribution in [0.4, 0.5) is 0 Å². The Morgan fingerprint density at radius 1 is 1.36 bits per heavy atom. The van der Waals surface area contributed by atoms with Gasteiger partial charge < -0.3 is 5.32 Å². The van der Waals surface area contributed by atoms with Crippen molar-refractivity contribution >= 4 is 38.9 Å². The molecule has 0 atom stereocenters. The molecule has 1 aliphatic carbocycles. The lowest BCUT2D eigenvalue weighted by molar-refractivity contribution is -0.122. The summed E-state index contributed by atoms with van der Waals surface area (Å²) in [7, 11) is -2.25. The summed E-state index contributed by atoms with van der Waals surface area (Å²) in [6, 6.07) is 3.16. The Kier molecular flexibility index (Phi) is 5.87. The van der Waals surface area contributed by atoms with Crippen molar-refractivity contribution in [2.45, 2.75) is 42.9 Å². The molecule has 1 aromatic heterocycles. The van der Waals surface area contributed by atoms with Crippen LogP contribution in [-0.2, 0) is 14.8 Å². The fourth-order valence-corrected chi connectivity index (χ4v) is 5.38. The molecule has 1 aromatic rings. The summed E-state index contributed by atoms with van der Waals surface area (Å²) in [5.74, 6) is 0.452. The van der Waals surface area contributed by atoms with E-state index in [1.54, 1.807) is 0 Å². The zero-order chi connectivity index (χ0) is 16.3. The second-order valence-electron chi connectivity index (χ2n) is 5.84. The van der Waals surface area contributed by atoms with Gasteiger partial charge in [-0.3, -0.25) is 4.79 Å². The monoisotopic (exact) mass is 364 g/mol. The minimum atomic E-state index is -3.66. The lowest BCUT2D eigenvalue weighted by atomic mass is 9.87. The topological polar surface area (TPSA) is 66.5 Å². The molecule has 1 fully saturated rings. The van der Waals surface area contributed by atoms with E-state index in [0.717, 1.165) is 41.3 Å². The summed E-state index contributed by atoms with van der Waals surface area (Å²) in [6.45, 7) is 2.04. The third-order valence-electron chi connectivity index (χ3n) is 3.96. The van der Waals surface area contributed by atoms with Gasteiger partial charge in [-0.15, -0.1) is 11.3 Å². The predicted octanol–water partition coefficient (Wildman–Crippen LogP) is 2.72.